The molecule has 0 spiro atoms. The van der Waals surface area contributed by atoms with Crippen LogP contribution in [0.2, 0.25) is 5.02 Å². The first kappa shape index (κ1) is 13.0. The lowest BCUT2D eigenvalue weighted by Crippen LogP contribution is -2.13. The predicted octanol–water partition coefficient (Wildman–Crippen LogP) is 4.88. The van der Waals surface area contributed by atoms with Gasteiger partial charge >= 0.3 is 0 Å². The number of fused-ring (bicyclic) bond motifs is 3. The number of aromatic nitrogens is 2. The molecule has 2 aromatic carbocycles. The fourth-order valence-corrected chi connectivity index (χ4v) is 3.43. The van der Waals surface area contributed by atoms with E-state index in [9.17, 15) is 0 Å². The van der Waals surface area contributed by atoms with Gasteiger partial charge in [-0.05, 0) is 59.1 Å². The molecule has 1 aromatic heterocycles. The third-order valence-corrected chi connectivity index (χ3v) is 4.70. The number of benzene rings is 2. The summed E-state index contributed by atoms with van der Waals surface area (Å²) in [5.41, 5.74) is 3.14. The van der Waals surface area contributed by atoms with E-state index in [0.717, 1.165) is 37.4 Å². The SMILES string of the molecule is S=c1snc2n1-c1cc(-c3ccc(Cl)cc3)ccc1OC2. The second kappa shape index (κ2) is 4.94. The van der Waals surface area contributed by atoms with Crippen LogP contribution < -0.4 is 4.74 Å². The number of rotatable bonds is 1. The lowest BCUT2D eigenvalue weighted by molar-refractivity contribution is 0.279. The van der Waals surface area contributed by atoms with Crippen LogP contribution >= 0.6 is 35.4 Å². The van der Waals surface area contributed by atoms with Crippen LogP contribution in [0.4, 0.5) is 0 Å². The Morgan fingerprint density at radius 3 is 2.71 bits per heavy atom. The minimum atomic E-state index is 0.459. The first-order valence-corrected chi connectivity index (χ1v) is 7.89. The summed E-state index contributed by atoms with van der Waals surface area (Å²) in [7, 11) is 0. The summed E-state index contributed by atoms with van der Waals surface area (Å²) in [6.07, 6.45) is 0. The van der Waals surface area contributed by atoms with Gasteiger partial charge in [-0.15, -0.1) is 0 Å². The molecule has 21 heavy (non-hydrogen) atoms. The van der Waals surface area contributed by atoms with Crippen molar-refractivity contribution in [3.05, 3.63) is 57.3 Å². The van der Waals surface area contributed by atoms with Crippen LogP contribution in [0.5, 0.6) is 5.75 Å². The fourth-order valence-electron chi connectivity index (χ4n) is 2.39. The molecule has 6 heteroatoms. The van der Waals surface area contributed by atoms with Crippen molar-refractivity contribution in [3.8, 4) is 22.6 Å². The van der Waals surface area contributed by atoms with Gasteiger partial charge in [0, 0.05) is 5.02 Å². The number of nitrogens with zero attached hydrogens (tertiary/aromatic N) is 2. The highest BCUT2D eigenvalue weighted by Crippen LogP contribution is 2.34. The second-order valence-corrected chi connectivity index (χ2v) is 6.51. The van der Waals surface area contributed by atoms with Crippen molar-refractivity contribution in [1.29, 1.82) is 0 Å². The summed E-state index contributed by atoms with van der Waals surface area (Å²) in [5.74, 6) is 1.68. The standard InChI is InChI=1S/C15H9ClN2OS2/c16-11-4-1-9(2-5-11)10-3-6-13-12(7-10)18-14(8-19-13)17-21-15(18)20/h1-7H,8H2. The fraction of sp³-hybridized carbons (Fsp3) is 0.0667. The number of halogens is 1. The van der Waals surface area contributed by atoms with E-state index in [1.54, 1.807) is 0 Å². The lowest BCUT2D eigenvalue weighted by atomic mass is 10.0. The molecule has 0 saturated heterocycles. The molecule has 0 amide bonds. The van der Waals surface area contributed by atoms with E-state index in [2.05, 4.69) is 10.4 Å². The molecule has 3 nitrogen and oxygen atoms in total. The molecule has 0 saturated carbocycles. The van der Waals surface area contributed by atoms with E-state index in [-0.39, 0.29) is 0 Å². The Kier molecular flexibility index (Phi) is 3.06. The summed E-state index contributed by atoms with van der Waals surface area (Å²) < 4.78 is 12.8. The molecule has 0 N–H and O–H groups in total. The number of hydrogen-bond donors (Lipinski definition) is 0. The van der Waals surface area contributed by atoms with Gasteiger partial charge in [-0.2, -0.15) is 4.37 Å². The van der Waals surface area contributed by atoms with Gasteiger partial charge in [-0.25, -0.2) is 0 Å². The van der Waals surface area contributed by atoms with E-state index < -0.39 is 0 Å². The Bertz CT molecular complexity index is 883. The van der Waals surface area contributed by atoms with Crippen LogP contribution in [0.15, 0.2) is 42.5 Å². The second-order valence-electron chi connectivity index (χ2n) is 4.68. The summed E-state index contributed by atoms with van der Waals surface area (Å²) >= 11 is 12.6. The third kappa shape index (κ3) is 2.18. The van der Waals surface area contributed by atoms with Crippen LogP contribution in [0, 0.1) is 3.95 Å². The first-order chi connectivity index (χ1) is 10.2. The molecule has 0 atom stereocenters. The van der Waals surface area contributed by atoms with Crippen molar-refractivity contribution in [2.24, 2.45) is 0 Å². The van der Waals surface area contributed by atoms with E-state index >= 15 is 0 Å². The van der Waals surface area contributed by atoms with Crippen molar-refractivity contribution in [2.45, 2.75) is 6.61 Å². The van der Waals surface area contributed by atoms with Crippen LogP contribution in [-0.4, -0.2) is 8.94 Å². The van der Waals surface area contributed by atoms with Gasteiger partial charge in [0.25, 0.3) is 0 Å². The predicted molar refractivity (Wildman–Crippen MR) is 87.1 cm³/mol. The Labute approximate surface area is 135 Å². The van der Waals surface area contributed by atoms with Crippen LogP contribution in [0.3, 0.4) is 0 Å². The molecule has 0 unspecified atom stereocenters. The molecule has 0 aliphatic carbocycles. The minimum absolute atomic E-state index is 0.459. The van der Waals surface area contributed by atoms with Gasteiger partial charge in [0.15, 0.2) is 9.78 Å². The quantitative estimate of drug-likeness (QED) is 0.594. The molecule has 104 valence electrons. The highest BCUT2D eigenvalue weighted by molar-refractivity contribution is 7.73. The molecule has 1 aliphatic rings. The van der Waals surface area contributed by atoms with Gasteiger partial charge < -0.3 is 4.74 Å². The molecular formula is C15H9ClN2OS2. The van der Waals surface area contributed by atoms with E-state index in [1.807, 2.05) is 41.0 Å². The Morgan fingerprint density at radius 1 is 1.14 bits per heavy atom. The molecule has 0 bridgehead atoms. The van der Waals surface area contributed by atoms with Crippen molar-refractivity contribution in [3.63, 3.8) is 0 Å². The minimum Gasteiger partial charge on any atom is -0.483 e. The zero-order valence-electron chi connectivity index (χ0n) is 10.7. The molecular weight excluding hydrogens is 324 g/mol. The highest BCUT2D eigenvalue weighted by Gasteiger charge is 2.20. The average molecular weight is 333 g/mol. The molecule has 2 heterocycles. The first-order valence-electron chi connectivity index (χ1n) is 6.33. The zero-order chi connectivity index (χ0) is 14.4. The Balaban J connectivity index is 1.90. The number of ether oxygens (including phenoxy) is 1. The topological polar surface area (TPSA) is 27.1 Å². The van der Waals surface area contributed by atoms with Crippen molar-refractivity contribution >= 4 is 35.4 Å². The number of hydrogen-bond acceptors (Lipinski definition) is 4. The maximum atomic E-state index is 5.94. The summed E-state index contributed by atoms with van der Waals surface area (Å²) in [5, 5.41) is 0.728. The lowest BCUT2D eigenvalue weighted by Gasteiger charge is -2.19. The summed E-state index contributed by atoms with van der Waals surface area (Å²) in [4.78, 5) is 0. The van der Waals surface area contributed by atoms with Gasteiger partial charge in [0.1, 0.15) is 12.4 Å². The summed E-state index contributed by atoms with van der Waals surface area (Å²) in [6.45, 7) is 0.459. The maximum Gasteiger partial charge on any atom is 0.185 e. The zero-order valence-corrected chi connectivity index (χ0v) is 13.1. The molecule has 0 radical (unpaired) electrons. The van der Waals surface area contributed by atoms with Crippen LogP contribution in [0.25, 0.3) is 16.8 Å². The van der Waals surface area contributed by atoms with Gasteiger partial charge in [0.2, 0.25) is 0 Å². The third-order valence-electron chi connectivity index (χ3n) is 3.40. The van der Waals surface area contributed by atoms with Gasteiger partial charge in [-0.1, -0.05) is 29.8 Å². The van der Waals surface area contributed by atoms with Gasteiger partial charge in [-0.3, -0.25) is 4.57 Å². The Hall–Kier alpha value is -1.69. The molecule has 1 aliphatic heterocycles. The normalized spacial score (nSPS) is 12.4. The average Bonchev–Trinajstić information content (AvgIpc) is 2.89. The molecule has 4 rings (SSSR count). The van der Waals surface area contributed by atoms with Crippen molar-refractivity contribution in [2.75, 3.05) is 0 Å². The Morgan fingerprint density at radius 2 is 1.90 bits per heavy atom. The van der Waals surface area contributed by atoms with Gasteiger partial charge in [0.05, 0.1) is 5.69 Å². The van der Waals surface area contributed by atoms with E-state index in [0.29, 0.717) is 6.61 Å². The van der Waals surface area contributed by atoms with Crippen LogP contribution in [-0.2, 0) is 6.61 Å². The maximum absolute atomic E-state index is 5.94. The van der Waals surface area contributed by atoms with E-state index in [4.69, 9.17) is 28.6 Å². The molecule has 3 aromatic rings. The highest BCUT2D eigenvalue weighted by atomic mass is 35.5. The molecule has 0 fully saturated rings. The monoisotopic (exact) mass is 332 g/mol. The smallest absolute Gasteiger partial charge is 0.185 e. The summed E-state index contributed by atoms with van der Waals surface area (Å²) in [6, 6.07) is 13.9. The van der Waals surface area contributed by atoms with Crippen molar-refractivity contribution in [1.82, 2.24) is 8.94 Å². The largest absolute Gasteiger partial charge is 0.483 e. The van der Waals surface area contributed by atoms with E-state index in [1.165, 1.54) is 11.5 Å². The van der Waals surface area contributed by atoms with Crippen LogP contribution in [0.1, 0.15) is 5.82 Å². The van der Waals surface area contributed by atoms with Crippen molar-refractivity contribution < 1.29 is 4.74 Å².